The standard InChI is InChI=1S/C3H7O6P/c4-1-3(5)2-9-10(6,7)8/h1,4-5H,2H2,(H2,6,7,8)/p-2/b3-1-. The van der Waals surface area contributed by atoms with E-state index < -0.39 is 20.2 Å². The lowest BCUT2D eigenvalue weighted by molar-refractivity contribution is -0.341. The monoisotopic (exact) mass is 168 g/mol. The highest BCUT2D eigenvalue weighted by Crippen LogP contribution is 2.24. The molecule has 7 heteroatoms. The number of phosphoric acid groups is 1. The zero-order chi connectivity index (χ0) is 8.20. The van der Waals surface area contributed by atoms with Gasteiger partial charge in [0.25, 0.3) is 0 Å². The van der Waals surface area contributed by atoms with Crippen molar-refractivity contribution in [3.63, 3.8) is 0 Å². The number of aliphatic hydroxyl groups excluding tert-OH is 2. The second-order valence-electron chi connectivity index (χ2n) is 1.34. The highest BCUT2D eigenvalue weighted by Gasteiger charge is 1.94. The summed E-state index contributed by atoms with van der Waals surface area (Å²) >= 11 is 0. The van der Waals surface area contributed by atoms with E-state index in [-0.39, 0.29) is 6.26 Å². The fourth-order valence-corrected chi connectivity index (χ4v) is 0.473. The molecule has 0 fully saturated rings. The largest absolute Gasteiger partial charge is 0.790 e. The first-order chi connectivity index (χ1) is 4.45. The van der Waals surface area contributed by atoms with Gasteiger partial charge in [0.2, 0.25) is 0 Å². The molecule has 0 aromatic heterocycles. The molecule has 6 nitrogen and oxygen atoms in total. The Morgan fingerprint density at radius 2 is 2.20 bits per heavy atom. The lowest BCUT2D eigenvalue weighted by atomic mass is 10.6. The third kappa shape index (κ3) is 5.58. The molecule has 0 saturated carbocycles. The van der Waals surface area contributed by atoms with Crippen molar-refractivity contribution in [1.29, 1.82) is 0 Å². The quantitative estimate of drug-likeness (QED) is 0.403. The molecule has 0 aromatic rings. The Kier molecular flexibility index (Phi) is 3.38. The Balaban J connectivity index is 3.67. The number of hydrogen-bond donors (Lipinski definition) is 2. The molecule has 0 rings (SSSR count). The van der Waals surface area contributed by atoms with E-state index in [1.54, 1.807) is 0 Å². The molecule has 0 spiro atoms. The molecule has 10 heavy (non-hydrogen) atoms. The van der Waals surface area contributed by atoms with Crippen LogP contribution in [0, 0.1) is 0 Å². The van der Waals surface area contributed by atoms with E-state index in [4.69, 9.17) is 10.2 Å². The molecule has 0 radical (unpaired) electrons. The van der Waals surface area contributed by atoms with Gasteiger partial charge in [-0.05, 0) is 0 Å². The highest BCUT2D eigenvalue weighted by atomic mass is 31.2. The van der Waals surface area contributed by atoms with E-state index in [1.807, 2.05) is 0 Å². The van der Waals surface area contributed by atoms with Gasteiger partial charge in [0, 0.05) is 0 Å². The van der Waals surface area contributed by atoms with Gasteiger partial charge in [0.15, 0.2) is 5.76 Å². The Bertz CT molecular complexity index is 168. The van der Waals surface area contributed by atoms with Gasteiger partial charge in [-0.1, -0.05) is 0 Å². The van der Waals surface area contributed by atoms with Crippen molar-refractivity contribution in [2.24, 2.45) is 0 Å². The molecule has 0 aliphatic rings. The molecular formula is C3H5O6P-2. The van der Waals surface area contributed by atoms with Gasteiger partial charge in [-0.3, -0.25) is 0 Å². The van der Waals surface area contributed by atoms with Crippen molar-refractivity contribution in [2.45, 2.75) is 0 Å². The molecule has 0 unspecified atom stereocenters. The maximum Gasteiger partial charge on any atom is 0.152 e. The van der Waals surface area contributed by atoms with Crippen LogP contribution in [-0.4, -0.2) is 16.8 Å². The molecule has 2 N–H and O–H groups in total. The molecular weight excluding hydrogens is 163 g/mol. The first kappa shape index (κ1) is 9.45. The first-order valence-electron chi connectivity index (χ1n) is 2.14. The third-order valence-electron chi connectivity index (χ3n) is 0.520. The second kappa shape index (κ2) is 3.58. The average molecular weight is 168 g/mol. The summed E-state index contributed by atoms with van der Waals surface area (Å²) in [5.41, 5.74) is 0. The number of hydrogen-bond acceptors (Lipinski definition) is 6. The van der Waals surface area contributed by atoms with Crippen LogP contribution in [-0.2, 0) is 9.09 Å². The van der Waals surface area contributed by atoms with Crippen molar-refractivity contribution < 1.29 is 29.1 Å². The highest BCUT2D eigenvalue weighted by molar-refractivity contribution is 7.43. The van der Waals surface area contributed by atoms with Crippen LogP contribution < -0.4 is 9.79 Å². The van der Waals surface area contributed by atoms with Crippen LogP contribution in [0.3, 0.4) is 0 Å². The molecule has 0 heterocycles. The van der Waals surface area contributed by atoms with E-state index in [2.05, 4.69) is 4.52 Å². The van der Waals surface area contributed by atoms with Crippen LogP contribution in [0.25, 0.3) is 0 Å². The van der Waals surface area contributed by atoms with Crippen molar-refractivity contribution in [3.05, 3.63) is 12.0 Å². The van der Waals surface area contributed by atoms with Crippen LogP contribution in [0.5, 0.6) is 0 Å². The maximum absolute atomic E-state index is 9.68. The predicted octanol–water partition coefficient (Wildman–Crippen LogP) is -1.21. The lowest BCUT2D eigenvalue weighted by Crippen LogP contribution is -2.17. The summed E-state index contributed by atoms with van der Waals surface area (Å²) in [4.78, 5) is 19.4. The topological polar surface area (TPSA) is 113 Å². The molecule has 0 aliphatic heterocycles. The second-order valence-corrected chi connectivity index (χ2v) is 2.49. The van der Waals surface area contributed by atoms with Crippen molar-refractivity contribution in [2.75, 3.05) is 6.61 Å². The van der Waals surface area contributed by atoms with E-state index in [1.165, 1.54) is 0 Å². The van der Waals surface area contributed by atoms with E-state index >= 15 is 0 Å². The number of aliphatic hydroxyl groups is 2. The van der Waals surface area contributed by atoms with Gasteiger partial charge in [-0.15, -0.1) is 0 Å². The molecule has 0 atom stereocenters. The molecule has 60 valence electrons. The van der Waals surface area contributed by atoms with Gasteiger partial charge in [0.1, 0.15) is 12.9 Å². The van der Waals surface area contributed by atoms with Crippen LogP contribution in [0.15, 0.2) is 12.0 Å². The molecule has 0 aliphatic carbocycles. The Morgan fingerprint density at radius 3 is 2.50 bits per heavy atom. The summed E-state index contributed by atoms with van der Waals surface area (Å²) in [7, 11) is -5.04. The zero-order valence-electron chi connectivity index (χ0n) is 4.76. The fraction of sp³-hybridized carbons (Fsp3) is 0.333. The minimum Gasteiger partial charge on any atom is -0.790 e. The molecule has 0 bridgehead atoms. The Morgan fingerprint density at radius 1 is 1.70 bits per heavy atom. The van der Waals surface area contributed by atoms with Gasteiger partial charge in [-0.2, -0.15) is 0 Å². The number of rotatable bonds is 3. The number of phosphoric ester groups is 1. The Hall–Kier alpha value is -0.550. The van der Waals surface area contributed by atoms with Crippen LogP contribution in [0.1, 0.15) is 0 Å². The minimum absolute atomic E-state index is 0.232. The fourth-order valence-electron chi connectivity index (χ4n) is 0.182. The Labute approximate surface area is 56.6 Å². The molecule has 0 amide bonds. The van der Waals surface area contributed by atoms with Crippen molar-refractivity contribution >= 4 is 7.82 Å². The lowest BCUT2D eigenvalue weighted by Gasteiger charge is -2.27. The van der Waals surface area contributed by atoms with E-state index in [0.29, 0.717) is 0 Å². The zero-order valence-corrected chi connectivity index (χ0v) is 5.65. The van der Waals surface area contributed by atoms with Crippen LogP contribution >= 0.6 is 7.82 Å². The van der Waals surface area contributed by atoms with Crippen LogP contribution in [0.2, 0.25) is 0 Å². The summed E-state index contributed by atoms with van der Waals surface area (Å²) in [5.74, 6) is -0.730. The summed E-state index contributed by atoms with van der Waals surface area (Å²) in [6.45, 7) is -0.833. The summed E-state index contributed by atoms with van der Waals surface area (Å²) in [6, 6.07) is 0. The molecule has 0 aromatic carbocycles. The van der Waals surface area contributed by atoms with Gasteiger partial charge in [0.05, 0.1) is 7.82 Å². The predicted molar refractivity (Wildman–Crippen MR) is 26.9 cm³/mol. The summed E-state index contributed by atoms with van der Waals surface area (Å²) in [6.07, 6.45) is 0.232. The smallest absolute Gasteiger partial charge is 0.152 e. The third-order valence-corrected chi connectivity index (χ3v) is 0.965. The summed E-state index contributed by atoms with van der Waals surface area (Å²) < 4.78 is 13.2. The average Bonchev–Trinajstić information content (AvgIpc) is 1.81. The van der Waals surface area contributed by atoms with Gasteiger partial charge >= 0.3 is 0 Å². The van der Waals surface area contributed by atoms with Crippen molar-refractivity contribution in [3.8, 4) is 0 Å². The van der Waals surface area contributed by atoms with Crippen molar-refractivity contribution in [1.82, 2.24) is 0 Å². The van der Waals surface area contributed by atoms with Gasteiger partial charge in [-0.25, -0.2) is 0 Å². The first-order valence-corrected chi connectivity index (χ1v) is 3.60. The summed E-state index contributed by atoms with van der Waals surface area (Å²) in [5, 5.41) is 16.3. The van der Waals surface area contributed by atoms with E-state index in [9.17, 15) is 14.4 Å². The normalized spacial score (nSPS) is 13.6. The van der Waals surface area contributed by atoms with Gasteiger partial charge < -0.3 is 29.1 Å². The van der Waals surface area contributed by atoms with Crippen LogP contribution in [0.4, 0.5) is 0 Å². The van der Waals surface area contributed by atoms with E-state index in [0.717, 1.165) is 0 Å². The SMILES string of the molecule is O=P([O-])([O-])OC/C(O)=C/O. The minimum atomic E-state index is -5.04. The molecule has 0 saturated heterocycles. The maximum atomic E-state index is 9.68.